The fraction of sp³-hybridized carbons (Fsp3) is 0.100. The predicted molar refractivity (Wildman–Crippen MR) is 100 cm³/mol. The number of thiophene rings is 1. The van der Waals surface area contributed by atoms with Gasteiger partial charge in [-0.2, -0.15) is 0 Å². The van der Waals surface area contributed by atoms with Gasteiger partial charge in [0, 0.05) is 44.5 Å². The van der Waals surface area contributed by atoms with Crippen LogP contribution in [0.3, 0.4) is 0 Å². The summed E-state index contributed by atoms with van der Waals surface area (Å²) in [6, 6.07) is 17.6. The third kappa shape index (κ3) is 6.75. The molecular weight excluding hydrogens is 511 g/mol. The number of carbonyl (C=O) groups is 1. The van der Waals surface area contributed by atoms with Gasteiger partial charge in [0.05, 0.1) is 5.76 Å². The minimum Gasteiger partial charge on any atom is -0.512 e. The zero-order valence-electron chi connectivity index (χ0n) is 13.7. The number of aromatic nitrogens is 1. The molecule has 3 aromatic rings. The second-order valence-corrected chi connectivity index (χ2v) is 6.06. The molecule has 2 heterocycles. The summed E-state index contributed by atoms with van der Waals surface area (Å²) in [5.74, 6) is -0.0770. The summed E-state index contributed by atoms with van der Waals surface area (Å²) in [7, 11) is 0. The van der Waals surface area contributed by atoms with Crippen LogP contribution in [0.15, 0.2) is 73.2 Å². The second-order valence-electron chi connectivity index (χ2n) is 5.01. The minimum absolute atomic E-state index is 0. The molecule has 0 aliphatic heterocycles. The maximum atomic E-state index is 10.3. The summed E-state index contributed by atoms with van der Waals surface area (Å²) < 4.78 is 1.26. The first-order valence-corrected chi connectivity index (χ1v) is 8.25. The Morgan fingerprint density at radius 1 is 1.28 bits per heavy atom. The van der Waals surface area contributed by atoms with Gasteiger partial charge in [0.1, 0.15) is 0 Å². The van der Waals surface area contributed by atoms with Gasteiger partial charge >= 0.3 is 0 Å². The average Bonchev–Trinajstić information content (AvgIpc) is 3.00. The van der Waals surface area contributed by atoms with Crippen molar-refractivity contribution in [2.45, 2.75) is 13.3 Å². The van der Waals surface area contributed by atoms with Crippen molar-refractivity contribution in [2.75, 3.05) is 0 Å². The SMILES string of the molecule is C=CC/C(O)=C/C(C)=O.[Ir].[c-]1c(-c2ccccn2)sc2ccccc12. The van der Waals surface area contributed by atoms with Gasteiger partial charge < -0.3 is 10.1 Å². The molecule has 0 unspecified atom stereocenters. The molecule has 1 aromatic carbocycles. The standard InChI is InChI=1S/C13H8NS.C7H10O2.Ir/c1-2-7-12-10(5-1)9-13(15-12)11-6-3-4-8-14-11;1-3-4-7(9)5-6(2)8;/h1-8H;3,5,9H,1,4H2,2H3;/q-1;;/b;7-5-;. The van der Waals surface area contributed by atoms with Crippen LogP contribution in [-0.4, -0.2) is 15.9 Å². The van der Waals surface area contributed by atoms with E-state index in [4.69, 9.17) is 5.11 Å². The van der Waals surface area contributed by atoms with Crippen molar-refractivity contribution in [2.24, 2.45) is 0 Å². The van der Waals surface area contributed by atoms with E-state index in [0.717, 1.165) is 10.6 Å². The molecule has 25 heavy (non-hydrogen) atoms. The first kappa shape index (κ1) is 21.0. The summed E-state index contributed by atoms with van der Waals surface area (Å²) >= 11 is 1.73. The van der Waals surface area contributed by atoms with Gasteiger partial charge in [0.25, 0.3) is 0 Å². The van der Waals surface area contributed by atoms with Crippen LogP contribution in [0.4, 0.5) is 0 Å². The molecule has 0 saturated carbocycles. The summed E-state index contributed by atoms with van der Waals surface area (Å²) in [4.78, 5) is 15.7. The van der Waals surface area contributed by atoms with Crippen LogP contribution in [0.1, 0.15) is 13.3 Å². The monoisotopic (exact) mass is 529 g/mol. The number of aliphatic hydroxyl groups is 1. The fourth-order valence-electron chi connectivity index (χ4n) is 1.97. The fourth-order valence-corrected chi connectivity index (χ4v) is 2.95. The van der Waals surface area contributed by atoms with Crippen molar-refractivity contribution in [3.05, 3.63) is 79.2 Å². The molecule has 131 valence electrons. The van der Waals surface area contributed by atoms with Crippen molar-refractivity contribution in [1.82, 2.24) is 4.98 Å². The van der Waals surface area contributed by atoms with Crippen LogP contribution in [0, 0.1) is 6.07 Å². The first-order chi connectivity index (χ1) is 11.6. The average molecular weight is 529 g/mol. The number of ketones is 1. The Hall–Kier alpha value is -2.07. The Balaban J connectivity index is 0.000000275. The molecule has 0 atom stereocenters. The molecule has 1 radical (unpaired) electrons. The Kier molecular flexibility index (Phi) is 9.00. The second kappa shape index (κ2) is 10.7. The zero-order chi connectivity index (χ0) is 17.4. The molecule has 5 heteroatoms. The number of hydrogen-bond acceptors (Lipinski definition) is 4. The topological polar surface area (TPSA) is 50.2 Å². The largest absolute Gasteiger partial charge is 0.512 e. The number of aliphatic hydroxyl groups excluding tert-OH is 1. The maximum Gasteiger partial charge on any atom is 0.155 e. The zero-order valence-corrected chi connectivity index (χ0v) is 16.9. The van der Waals surface area contributed by atoms with E-state index < -0.39 is 0 Å². The van der Waals surface area contributed by atoms with Crippen LogP contribution in [-0.2, 0) is 24.9 Å². The van der Waals surface area contributed by atoms with E-state index in [1.165, 1.54) is 29.2 Å². The van der Waals surface area contributed by atoms with E-state index in [0.29, 0.717) is 6.42 Å². The van der Waals surface area contributed by atoms with E-state index in [1.54, 1.807) is 11.3 Å². The number of fused-ring (bicyclic) bond motifs is 1. The Morgan fingerprint density at radius 2 is 2.00 bits per heavy atom. The molecule has 1 N–H and O–H groups in total. The van der Waals surface area contributed by atoms with Crippen LogP contribution in [0.25, 0.3) is 20.7 Å². The molecule has 2 aromatic heterocycles. The van der Waals surface area contributed by atoms with Crippen LogP contribution in [0.2, 0.25) is 0 Å². The number of pyridine rings is 1. The van der Waals surface area contributed by atoms with Gasteiger partial charge in [0.2, 0.25) is 0 Å². The molecule has 0 bridgehead atoms. The summed E-state index contributed by atoms with van der Waals surface area (Å²) in [6.45, 7) is 4.78. The number of hydrogen-bond donors (Lipinski definition) is 1. The molecule has 3 rings (SSSR count). The van der Waals surface area contributed by atoms with Gasteiger partial charge in [0.15, 0.2) is 5.78 Å². The molecule has 0 spiro atoms. The normalized spacial score (nSPS) is 10.4. The summed E-state index contributed by atoms with van der Waals surface area (Å²) in [5, 5.41) is 9.96. The van der Waals surface area contributed by atoms with Gasteiger partial charge in [-0.1, -0.05) is 30.3 Å². The van der Waals surface area contributed by atoms with E-state index in [2.05, 4.69) is 35.8 Å². The van der Waals surface area contributed by atoms with Crippen molar-refractivity contribution in [1.29, 1.82) is 0 Å². The number of carbonyl (C=O) groups excluding carboxylic acids is 1. The summed E-state index contributed by atoms with van der Waals surface area (Å²) in [6.07, 6.45) is 4.89. The number of benzene rings is 1. The van der Waals surface area contributed by atoms with Gasteiger partial charge in [-0.15, -0.1) is 30.2 Å². The quantitative estimate of drug-likeness (QED) is 0.215. The van der Waals surface area contributed by atoms with Gasteiger partial charge in [-0.3, -0.25) is 4.79 Å². The van der Waals surface area contributed by atoms with E-state index in [1.807, 2.05) is 30.5 Å². The predicted octanol–water partition coefficient (Wildman–Crippen LogP) is 5.35. The maximum absolute atomic E-state index is 10.3. The Morgan fingerprint density at radius 3 is 2.60 bits per heavy atom. The number of allylic oxidation sites excluding steroid dienone is 2. The van der Waals surface area contributed by atoms with E-state index in [-0.39, 0.29) is 31.6 Å². The van der Waals surface area contributed by atoms with Crippen LogP contribution < -0.4 is 0 Å². The minimum atomic E-state index is -0.144. The van der Waals surface area contributed by atoms with Crippen molar-refractivity contribution < 1.29 is 30.0 Å². The molecule has 0 amide bonds. The summed E-state index contributed by atoms with van der Waals surface area (Å²) in [5.41, 5.74) is 0.999. The molecule has 0 aliphatic rings. The smallest absolute Gasteiger partial charge is 0.155 e. The molecule has 3 nitrogen and oxygen atoms in total. The van der Waals surface area contributed by atoms with E-state index in [9.17, 15) is 4.79 Å². The van der Waals surface area contributed by atoms with E-state index >= 15 is 0 Å². The molecular formula is C20H18IrNO2S-. The molecule has 0 saturated heterocycles. The third-order valence-electron chi connectivity index (χ3n) is 2.97. The van der Waals surface area contributed by atoms with Gasteiger partial charge in [-0.05, 0) is 22.6 Å². The number of nitrogens with zero attached hydrogens (tertiary/aromatic N) is 1. The van der Waals surface area contributed by atoms with Crippen molar-refractivity contribution in [3.8, 4) is 10.6 Å². The molecule has 0 aliphatic carbocycles. The van der Waals surface area contributed by atoms with Crippen molar-refractivity contribution >= 4 is 27.2 Å². The van der Waals surface area contributed by atoms with Gasteiger partial charge in [-0.25, -0.2) is 11.3 Å². The Bertz CT molecular complexity index is 823. The number of rotatable bonds is 4. The first-order valence-electron chi connectivity index (χ1n) is 7.43. The molecule has 0 fully saturated rings. The van der Waals surface area contributed by atoms with Crippen LogP contribution in [0.5, 0.6) is 0 Å². The van der Waals surface area contributed by atoms with Crippen molar-refractivity contribution in [3.63, 3.8) is 0 Å². The third-order valence-corrected chi connectivity index (χ3v) is 4.06. The van der Waals surface area contributed by atoms with Crippen LogP contribution >= 0.6 is 11.3 Å². The Labute approximate surface area is 165 Å².